The summed E-state index contributed by atoms with van der Waals surface area (Å²) in [7, 11) is 0. The number of nitrogens with zero attached hydrogens (tertiary/aromatic N) is 2. The highest BCUT2D eigenvalue weighted by atomic mass is 19.1. The predicted octanol–water partition coefficient (Wildman–Crippen LogP) is 3.78. The first kappa shape index (κ1) is 21.0. The molecule has 0 fully saturated rings. The molecule has 0 radical (unpaired) electrons. The Kier molecular flexibility index (Phi) is 6.46. The number of benzene rings is 2. The van der Waals surface area contributed by atoms with Crippen LogP contribution in [0.1, 0.15) is 18.2 Å². The Morgan fingerprint density at radius 1 is 1.10 bits per heavy atom. The highest BCUT2D eigenvalue weighted by molar-refractivity contribution is 5.90. The van der Waals surface area contributed by atoms with Crippen LogP contribution in [-0.2, 0) is 11.3 Å². The van der Waals surface area contributed by atoms with E-state index in [1.54, 1.807) is 50.2 Å². The SMILES string of the molecule is CCOc1ccc(NC(=O)Cn2c(Nc3ccc(F)c(C)c3)nc(C)cc2=O)cc1. The van der Waals surface area contributed by atoms with Crippen molar-refractivity contribution in [1.29, 1.82) is 0 Å². The van der Waals surface area contributed by atoms with Gasteiger partial charge in [0.05, 0.1) is 6.61 Å². The van der Waals surface area contributed by atoms with E-state index in [1.807, 2.05) is 6.92 Å². The average molecular weight is 410 g/mol. The van der Waals surface area contributed by atoms with Gasteiger partial charge in [-0.2, -0.15) is 0 Å². The molecule has 0 atom stereocenters. The smallest absolute Gasteiger partial charge is 0.255 e. The maximum atomic E-state index is 13.5. The molecular formula is C22H23FN4O3. The maximum absolute atomic E-state index is 13.5. The number of hydrogen-bond donors (Lipinski definition) is 2. The van der Waals surface area contributed by atoms with E-state index in [0.29, 0.717) is 35.0 Å². The molecule has 1 heterocycles. The molecule has 1 amide bonds. The molecule has 0 bridgehead atoms. The van der Waals surface area contributed by atoms with Gasteiger partial charge in [-0.15, -0.1) is 0 Å². The van der Waals surface area contributed by atoms with Crippen LogP contribution < -0.4 is 20.9 Å². The van der Waals surface area contributed by atoms with Gasteiger partial charge < -0.3 is 15.4 Å². The zero-order valence-corrected chi connectivity index (χ0v) is 17.0. The molecule has 2 N–H and O–H groups in total. The third-order valence-electron chi connectivity index (χ3n) is 4.30. The van der Waals surface area contributed by atoms with Gasteiger partial charge >= 0.3 is 0 Å². The van der Waals surface area contributed by atoms with Crippen molar-refractivity contribution in [3.05, 3.63) is 76.0 Å². The second kappa shape index (κ2) is 9.21. The van der Waals surface area contributed by atoms with E-state index in [9.17, 15) is 14.0 Å². The predicted molar refractivity (Wildman–Crippen MR) is 114 cm³/mol. The first-order valence-electron chi connectivity index (χ1n) is 9.50. The molecule has 3 rings (SSSR count). The highest BCUT2D eigenvalue weighted by Gasteiger charge is 2.13. The summed E-state index contributed by atoms with van der Waals surface area (Å²) < 4.78 is 20.1. The number of halogens is 1. The van der Waals surface area contributed by atoms with E-state index in [4.69, 9.17) is 4.74 Å². The van der Waals surface area contributed by atoms with Crippen molar-refractivity contribution >= 4 is 23.2 Å². The number of amides is 1. The molecule has 3 aromatic rings. The molecule has 0 aliphatic heterocycles. The molecule has 0 unspecified atom stereocenters. The fourth-order valence-corrected chi connectivity index (χ4v) is 2.87. The lowest BCUT2D eigenvalue weighted by Gasteiger charge is -2.15. The molecular weight excluding hydrogens is 387 g/mol. The summed E-state index contributed by atoms with van der Waals surface area (Å²) in [6, 6.07) is 12.8. The number of rotatable bonds is 7. The number of anilines is 3. The van der Waals surface area contributed by atoms with Crippen LogP contribution in [-0.4, -0.2) is 22.1 Å². The van der Waals surface area contributed by atoms with Gasteiger partial charge in [-0.3, -0.25) is 14.2 Å². The van der Waals surface area contributed by atoms with Crippen molar-refractivity contribution < 1.29 is 13.9 Å². The van der Waals surface area contributed by atoms with Crippen LogP contribution >= 0.6 is 0 Å². The Hall–Kier alpha value is -3.68. The number of hydrogen-bond acceptors (Lipinski definition) is 5. The van der Waals surface area contributed by atoms with Crippen LogP contribution in [0.2, 0.25) is 0 Å². The third kappa shape index (κ3) is 5.22. The number of aryl methyl sites for hydroxylation is 2. The van der Waals surface area contributed by atoms with Crippen LogP contribution in [0.15, 0.2) is 53.3 Å². The van der Waals surface area contributed by atoms with Gasteiger partial charge in [-0.1, -0.05) is 0 Å². The monoisotopic (exact) mass is 410 g/mol. The van der Waals surface area contributed by atoms with E-state index in [2.05, 4.69) is 15.6 Å². The summed E-state index contributed by atoms with van der Waals surface area (Å²) in [4.78, 5) is 29.4. The minimum Gasteiger partial charge on any atom is -0.494 e. The summed E-state index contributed by atoms with van der Waals surface area (Å²) in [6.07, 6.45) is 0. The minimum absolute atomic E-state index is 0.202. The summed E-state index contributed by atoms with van der Waals surface area (Å²) in [5.41, 5.74) is 1.73. The van der Waals surface area contributed by atoms with Crippen LogP contribution in [0.25, 0.3) is 0 Å². The summed E-state index contributed by atoms with van der Waals surface area (Å²) >= 11 is 0. The van der Waals surface area contributed by atoms with Crippen molar-refractivity contribution in [1.82, 2.24) is 9.55 Å². The minimum atomic E-state index is -0.384. The Morgan fingerprint density at radius 2 is 1.80 bits per heavy atom. The molecule has 0 saturated carbocycles. The largest absolute Gasteiger partial charge is 0.494 e. The lowest BCUT2D eigenvalue weighted by atomic mass is 10.2. The Morgan fingerprint density at radius 3 is 2.47 bits per heavy atom. The number of carbonyl (C=O) groups excluding carboxylic acids is 1. The fraction of sp³-hybridized carbons (Fsp3) is 0.227. The molecule has 0 aliphatic rings. The van der Waals surface area contributed by atoms with Gasteiger partial charge in [-0.25, -0.2) is 9.37 Å². The number of carbonyl (C=O) groups is 1. The quantitative estimate of drug-likeness (QED) is 0.619. The fourth-order valence-electron chi connectivity index (χ4n) is 2.87. The molecule has 2 aromatic carbocycles. The van der Waals surface area contributed by atoms with Gasteiger partial charge in [-0.05, 0) is 68.8 Å². The van der Waals surface area contributed by atoms with Crippen molar-refractivity contribution in [2.24, 2.45) is 0 Å². The molecule has 8 heteroatoms. The van der Waals surface area contributed by atoms with Crippen LogP contribution in [0.4, 0.5) is 21.7 Å². The van der Waals surface area contributed by atoms with E-state index < -0.39 is 0 Å². The zero-order chi connectivity index (χ0) is 21.7. The third-order valence-corrected chi connectivity index (χ3v) is 4.30. The van der Waals surface area contributed by atoms with Gasteiger partial charge in [0.2, 0.25) is 11.9 Å². The van der Waals surface area contributed by atoms with Crippen molar-refractivity contribution in [2.45, 2.75) is 27.3 Å². The molecule has 156 valence electrons. The summed E-state index contributed by atoms with van der Waals surface area (Å²) in [5, 5.41) is 5.75. The highest BCUT2D eigenvalue weighted by Crippen LogP contribution is 2.18. The van der Waals surface area contributed by atoms with Gasteiger partial charge in [0.1, 0.15) is 18.1 Å². The first-order valence-corrected chi connectivity index (χ1v) is 9.50. The number of ether oxygens (including phenoxy) is 1. The van der Waals surface area contributed by atoms with Gasteiger partial charge in [0, 0.05) is 23.1 Å². The summed E-state index contributed by atoms with van der Waals surface area (Å²) in [5.74, 6) is 0.193. The van der Waals surface area contributed by atoms with Gasteiger partial charge in [0.25, 0.3) is 5.56 Å². The average Bonchev–Trinajstić information content (AvgIpc) is 2.69. The number of nitrogens with one attached hydrogen (secondary N) is 2. The molecule has 0 saturated heterocycles. The Labute approximate surface area is 173 Å². The standard InChI is InChI=1S/C22H23FN4O3/c1-4-30-18-8-5-16(6-9-18)25-20(28)13-27-21(29)12-15(3)24-22(27)26-17-7-10-19(23)14(2)11-17/h5-12H,4,13H2,1-3H3,(H,24,26)(H,25,28). The zero-order valence-electron chi connectivity index (χ0n) is 17.0. The van der Waals surface area contributed by atoms with Crippen LogP contribution in [0, 0.1) is 19.7 Å². The van der Waals surface area contributed by atoms with E-state index in [-0.39, 0.29) is 29.8 Å². The Balaban J connectivity index is 1.79. The molecule has 0 spiro atoms. The molecule has 0 aliphatic carbocycles. The van der Waals surface area contributed by atoms with Crippen molar-refractivity contribution in [3.8, 4) is 5.75 Å². The maximum Gasteiger partial charge on any atom is 0.255 e. The molecule has 1 aromatic heterocycles. The lowest BCUT2D eigenvalue weighted by Crippen LogP contribution is -2.30. The molecule has 30 heavy (non-hydrogen) atoms. The van der Waals surface area contributed by atoms with Gasteiger partial charge in [0.15, 0.2) is 0 Å². The van der Waals surface area contributed by atoms with E-state index in [0.717, 1.165) is 0 Å². The first-order chi connectivity index (χ1) is 14.4. The van der Waals surface area contributed by atoms with Crippen LogP contribution in [0.3, 0.4) is 0 Å². The lowest BCUT2D eigenvalue weighted by molar-refractivity contribution is -0.116. The Bertz CT molecular complexity index is 1110. The normalized spacial score (nSPS) is 10.5. The van der Waals surface area contributed by atoms with E-state index >= 15 is 0 Å². The number of aromatic nitrogens is 2. The molecule has 7 nitrogen and oxygen atoms in total. The van der Waals surface area contributed by atoms with Crippen molar-refractivity contribution in [3.63, 3.8) is 0 Å². The van der Waals surface area contributed by atoms with Crippen molar-refractivity contribution in [2.75, 3.05) is 17.2 Å². The second-order valence-corrected chi connectivity index (χ2v) is 6.74. The summed E-state index contributed by atoms with van der Waals surface area (Å²) in [6.45, 7) is 5.54. The second-order valence-electron chi connectivity index (χ2n) is 6.74. The van der Waals surface area contributed by atoms with E-state index in [1.165, 1.54) is 16.7 Å². The topological polar surface area (TPSA) is 85.2 Å². The van der Waals surface area contributed by atoms with Crippen LogP contribution in [0.5, 0.6) is 5.75 Å².